The Labute approximate surface area is 202 Å². The molecule has 3 aromatic heterocycles. The third kappa shape index (κ3) is 5.17. The molecule has 0 unspecified atom stereocenters. The first-order chi connectivity index (χ1) is 16.1. The zero-order valence-corrected chi connectivity index (χ0v) is 20.7. The van der Waals surface area contributed by atoms with Crippen molar-refractivity contribution in [1.82, 2.24) is 24.6 Å². The fourth-order valence-corrected chi connectivity index (χ4v) is 5.27. The Kier molecular flexibility index (Phi) is 7.57. The highest BCUT2D eigenvalue weighted by Crippen LogP contribution is 2.32. The van der Waals surface area contributed by atoms with Gasteiger partial charge in [0.25, 0.3) is 0 Å². The molecular weight excluding hydrogens is 450 g/mol. The molecule has 4 aromatic rings. The third-order valence-corrected chi connectivity index (χ3v) is 7.14. The van der Waals surface area contributed by atoms with Crippen LogP contribution >= 0.6 is 23.1 Å². The van der Waals surface area contributed by atoms with Gasteiger partial charge < -0.3 is 4.90 Å². The summed E-state index contributed by atoms with van der Waals surface area (Å²) in [6, 6.07) is 12.3. The van der Waals surface area contributed by atoms with Gasteiger partial charge in [-0.05, 0) is 58.5 Å². The van der Waals surface area contributed by atoms with Crippen LogP contribution in [0.25, 0.3) is 17.1 Å². The van der Waals surface area contributed by atoms with Crippen molar-refractivity contribution in [2.75, 3.05) is 12.8 Å². The minimum absolute atomic E-state index is 0.0585. The molecule has 8 heteroatoms. The Morgan fingerprint density at radius 1 is 1.09 bits per heavy atom. The zero-order valence-electron chi connectivity index (χ0n) is 19.1. The Morgan fingerprint density at radius 3 is 2.52 bits per heavy atom. The van der Waals surface area contributed by atoms with Crippen LogP contribution in [0.4, 0.5) is 0 Å². The molecule has 0 aliphatic heterocycles. The summed E-state index contributed by atoms with van der Waals surface area (Å²) in [5.74, 6) is 1.09. The standard InChI is InChI=1S/C25H27N5OS2/c1-4-19-8-6-9-20(5-2)23(19)30-24(21-10-7-12-26-14-21)27-28-25(30)33-17-22(31)29(3)15-18-11-13-32-16-18/h6-14,16H,4-5,15,17H2,1-3H3. The second-order valence-electron chi connectivity index (χ2n) is 7.69. The number of carbonyl (C=O) groups excluding carboxylic acids is 1. The molecule has 0 bridgehead atoms. The molecule has 0 radical (unpaired) electrons. The van der Waals surface area contributed by atoms with Crippen LogP contribution in [-0.2, 0) is 24.2 Å². The van der Waals surface area contributed by atoms with Gasteiger partial charge in [-0.1, -0.05) is 43.8 Å². The van der Waals surface area contributed by atoms with E-state index in [4.69, 9.17) is 0 Å². The van der Waals surface area contributed by atoms with Crippen molar-refractivity contribution < 1.29 is 4.79 Å². The van der Waals surface area contributed by atoms with Crippen molar-refractivity contribution in [2.24, 2.45) is 0 Å². The number of hydrogen-bond acceptors (Lipinski definition) is 6. The Bertz CT molecular complexity index is 1180. The summed E-state index contributed by atoms with van der Waals surface area (Å²) < 4.78 is 2.10. The number of aromatic nitrogens is 4. The first kappa shape index (κ1) is 23.2. The second-order valence-corrected chi connectivity index (χ2v) is 9.41. The smallest absolute Gasteiger partial charge is 0.233 e. The Balaban J connectivity index is 1.68. The van der Waals surface area contributed by atoms with Gasteiger partial charge in [-0.25, -0.2) is 0 Å². The number of thiophene rings is 1. The second kappa shape index (κ2) is 10.8. The lowest BCUT2D eigenvalue weighted by Crippen LogP contribution is -2.27. The molecule has 33 heavy (non-hydrogen) atoms. The lowest BCUT2D eigenvalue weighted by molar-refractivity contribution is -0.127. The highest BCUT2D eigenvalue weighted by Gasteiger charge is 2.22. The molecule has 0 spiro atoms. The van der Waals surface area contributed by atoms with Gasteiger partial charge in [-0.15, -0.1) is 10.2 Å². The summed E-state index contributed by atoms with van der Waals surface area (Å²) in [6.45, 7) is 4.92. The number of hydrogen-bond donors (Lipinski definition) is 0. The van der Waals surface area contributed by atoms with Crippen molar-refractivity contribution >= 4 is 29.0 Å². The van der Waals surface area contributed by atoms with Crippen LogP contribution < -0.4 is 0 Å². The quantitative estimate of drug-likeness (QED) is 0.308. The number of nitrogens with zero attached hydrogens (tertiary/aromatic N) is 5. The van der Waals surface area contributed by atoms with Crippen LogP contribution in [0, 0.1) is 0 Å². The molecule has 170 valence electrons. The van der Waals surface area contributed by atoms with Gasteiger partial charge in [0.05, 0.1) is 11.4 Å². The number of rotatable bonds is 9. The van der Waals surface area contributed by atoms with Gasteiger partial charge in [0.1, 0.15) is 0 Å². The molecule has 0 fully saturated rings. The van der Waals surface area contributed by atoms with Crippen LogP contribution in [-0.4, -0.2) is 43.4 Å². The van der Waals surface area contributed by atoms with Gasteiger partial charge in [0.2, 0.25) is 5.91 Å². The van der Waals surface area contributed by atoms with Crippen molar-refractivity contribution in [3.63, 3.8) is 0 Å². The molecular formula is C25H27N5OS2. The summed E-state index contributed by atoms with van der Waals surface area (Å²) >= 11 is 3.07. The van der Waals surface area contributed by atoms with E-state index in [0.29, 0.717) is 17.5 Å². The predicted molar refractivity (Wildman–Crippen MR) is 135 cm³/mol. The maximum atomic E-state index is 12.9. The Hall–Kier alpha value is -2.97. The molecule has 0 saturated carbocycles. The molecule has 1 aromatic carbocycles. The van der Waals surface area contributed by atoms with Crippen LogP contribution in [0.2, 0.25) is 0 Å². The van der Waals surface area contributed by atoms with Crippen LogP contribution in [0.5, 0.6) is 0 Å². The molecule has 3 heterocycles. The van der Waals surface area contributed by atoms with Crippen molar-refractivity contribution in [3.8, 4) is 17.1 Å². The third-order valence-electron chi connectivity index (χ3n) is 5.49. The van der Waals surface area contributed by atoms with E-state index in [-0.39, 0.29) is 5.91 Å². The molecule has 0 saturated heterocycles. The molecule has 0 N–H and O–H groups in total. The number of benzene rings is 1. The highest BCUT2D eigenvalue weighted by atomic mass is 32.2. The maximum absolute atomic E-state index is 12.9. The van der Waals surface area contributed by atoms with Gasteiger partial charge in [0, 0.05) is 31.5 Å². The summed E-state index contributed by atoms with van der Waals surface area (Å²) in [7, 11) is 1.84. The SMILES string of the molecule is CCc1cccc(CC)c1-n1c(SCC(=O)N(C)Cc2ccsc2)nnc1-c1cccnc1. The average Bonchev–Trinajstić information content (AvgIpc) is 3.52. The number of pyridine rings is 1. The lowest BCUT2D eigenvalue weighted by atomic mass is 10.0. The summed E-state index contributed by atoms with van der Waals surface area (Å²) in [6.07, 6.45) is 5.33. The van der Waals surface area contributed by atoms with Gasteiger partial charge >= 0.3 is 0 Å². The van der Waals surface area contributed by atoms with E-state index >= 15 is 0 Å². The predicted octanol–water partition coefficient (Wildman–Crippen LogP) is 5.27. The first-order valence-electron chi connectivity index (χ1n) is 11.0. The van der Waals surface area contributed by atoms with E-state index in [9.17, 15) is 4.79 Å². The topological polar surface area (TPSA) is 63.9 Å². The monoisotopic (exact) mass is 477 g/mol. The first-order valence-corrected chi connectivity index (χ1v) is 12.9. The summed E-state index contributed by atoms with van der Waals surface area (Å²) in [5, 5.41) is 13.8. The van der Waals surface area contributed by atoms with Crippen molar-refractivity contribution in [3.05, 3.63) is 76.2 Å². The largest absolute Gasteiger partial charge is 0.341 e. The molecule has 0 aliphatic rings. The summed E-state index contributed by atoms with van der Waals surface area (Å²) in [4.78, 5) is 18.9. The number of carbonyl (C=O) groups is 1. The minimum Gasteiger partial charge on any atom is -0.341 e. The van der Waals surface area contributed by atoms with Gasteiger partial charge in [0.15, 0.2) is 11.0 Å². The molecule has 6 nitrogen and oxygen atoms in total. The Morgan fingerprint density at radius 2 is 1.88 bits per heavy atom. The average molecular weight is 478 g/mol. The molecule has 0 atom stereocenters. The van der Waals surface area contributed by atoms with E-state index in [1.165, 1.54) is 22.9 Å². The fraction of sp³-hybridized carbons (Fsp3) is 0.280. The van der Waals surface area contributed by atoms with Crippen LogP contribution in [0.3, 0.4) is 0 Å². The number of para-hydroxylation sites is 1. The lowest BCUT2D eigenvalue weighted by Gasteiger charge is -2.19. The number of aryl methyl sites for hydroxylation is 2. The van der Waals surface area contributed by atoms with E-state index in [2.05, 4.69) is 57.2 Å². The summed E-state index contributed by atoms with van der Waals surface area (Å²) in [5.41, 5.74) is 5.59. The normalized spacial score (nSPS) is 11.0. The zero-order chi connectivity index (χ0) is 23.2. The van der Waals surface area contributed by atoms with Crippen molar-refractivity contribution in [1.29, 1.82) is 0 Å². The minimum atomic E-state index is 0.0585. The van der Waals surface area contributed by atoms with Gasteiger partial charge in [-0.3, -0.25) is 14.3 Å². The van der Waals surface area contributed by atoms with Gasteiger partial charge in [-0.2, -0.15) is 11.3 Å². The maximum Gasteiger partial charge on any atom is 0.233 e. The number of amides is 1. The van der Waals surface area contributed by atoms with Crippen LogP contribution in [0.15, 0.2) is 64.7 Å². The van der Waals surface area contributed by atoms with E-state index in [1.807, 2.05) is 30.6 Å². The van der Waals surface area contributed by atoms with E-state index in [1.54, 1.807) is 28.6 Å². The van der Waals surface area contributed by atoms with Crippen LogP contribution in [0.1, 0.15) is 30.5 Å². The molecule has 0 aliphatic carbocycles. The van der Waals surface area contributed by atoms with Crippen molar-refractivity contribution in [2.45, 2.75) is 38.4 Å². The molecule has 1 amide bonds. The highest BCUT2D eigenvalue weighted by molar-refractivity contribution is 7.99. The fourth-order valence-electron chi connectivity index (χ4n) is 3.73. The number of thioether (sulfide) groups is 1. The van der Waals surface area contributed by atoms with E-state index in [0.717, 1.165) is 35.5 Å². The molecule has 4 rings (SSSR count). The van der Waals surface area contributed by atoms with E-state index < -0.39 is 0 Å².